The molecule has 0 aliphatic carbocycles. The van der Waals surface area contributed by atoms with Crippen LogP contribution in [0, 0.1) is 0 Å². The molecular weight excluding hydrogens is 296 g/mol. The fourth-order valence-electron chi connectivity index (χ4n) is 2.30. The molecule has 0 amide bonds. The topological polar surface area (TPSA) is 76.7 Å². The van der Waals surface area contributed by atoms with Crippen molar-refractivity contribution in [3.05, 3.63) is 71.6 Å². The van der Waals surface area contributed by atoms with Gasteiger partial charge < -0.3 is 14.3 Å². The number of phenols is 1. The molecule has 23 heavy (non-hydrogen) atoms. The summed E-state index contributed by atoms with van der Waals surface area (Å²) in [5.41, 5.74) is 0.499. The van der Waals surface area contributed by atoms with Crippen LogP contribution in [0.5, 0.6) is 11.5 Å². The molecule has 0 unspecified atom stereocenters. The number of carbonyl (C=O) groups excluding carboxylic acids is 1. The van der Waals surface area contributed by atoms with E-state index in [9.17, 15) is 14.7 Å². The Morgan fingerprint density at radius 2 is 1.91 bits per heavy atom. The van der Waals surface area contributed by atoms with E-state index in [0.29, 0.717) is 16.5 Å². The van der Waals surface area contributed by atoms with Gasteiger partial charge in [0.1, 0.15) is 11.3 Å². The Labute approximate surface area is 131 Å². The highest BCUT2D eigenvalue weighted by atomic mass is 16.5. The molecule has 114 valence electrons. The van der Waals surface area contributed by atoms with E-state index in [-0.39, 0.29) is 17.1 Å². The molecule has 3 rings (SSSR count). The number of phenolic OH excluding ortho intramolecular Hbond substituents is 1. The largest absolute Gasteiger partial charge is 0.508 e. The summed E-state index contributed by atoms with van der Waals surface area (Å²) in [6.07, 6.45) is 0.967. The Morgan fingerprint density at radius 1 is 1.17 bits per heavy atom. The number of fused-ring (bicyclic) bond motifs is 1. The third-order valence-corrected chi connectivity index (χ3v) is 3.28. The Morgan fingerprint density at radius 3 is 2.61 bits per heavy atom. The van der Waals surface area contributed by atoms with Crippen molar-refractivity contribution < 1.29 is 19.1 Å². The number of benzene rings is 2. The van der Waals surface area contributed by atoms with Gasteiger partial charge in [0.2, 0.25) is 5.75 Å². The molecule has 0 saturated carbocycles. The molecule has 5 heteroatoms. The minimum Gasteiger partial charge on any atom is -0.508 e. The summed E-state index contributed by atoms with van der Waals surface area (Å²) >= 11 is 0. The first-order valence-electron chi connectivity index (χ1n) is 6.79. The lowest BCUT2D eigenvalue weighted by Gasteiger charge is -2.11. The van der Waals surface area contributed by atoms with Crippen LogP contribution in [-0.2, 0) is 4.79 Å². The van der Waals surface area contributed by atoms with Crippen LogP contribution in [0.1, 0.15) is 0 Å². The van der Waals surface area contributed by atoms with Crippen molar-refractivity contribution in [1.82, 2.24) is 0 Å². The third kappa shape index (κ3) is 2.72. The molecular formula is C18H12O5. The average Bonchev–Trinajstić information content (AvgIpc) is 2.56. The number of hydrogen-bond acceptors (Lipinski definition) is 5. The smallest absolute Gasteiger partial charge is 0.380 e. The van der Waals surface area contributed by atoms with Crippen molar-refractivity contribution in [1.29, 1.82) is 0 Å². The number of ether oxygens (including phenoxy) is 1. The highest BCUT2D eigenvalue weighted by Gasteiger charge is 2.19. The number of rotatable bonds is 3. The third-order valence-electron chi connectivity index (χ3n) is 3.28. The summed E-state index contributed by atoms with van der Waals surface area (Å²) in [5.74, 6) is -0.998. The van der Waals surface area contributed by atoms with E-state index in [4.69, 9.17) is 9.15 Å². The maximum Gasteiger partial charge on any atom is 0.380 e. The quantitative estimate of drug-likeness (QED) is 0.456. The maximum atomic E-state index is 12.2. The normalized spacial score (nSPS) is 10.4. The summed E-state index contributed by atoms with van der Waals surface area (Å²) in [4.78, 5) is 23.8. The number of hydrogen-bond donors (Lipinski definition) is 1. The zero-order chi connectivity index (χ0) is 16.4. The molecule has 5 nitrogen and oxygen atoms in total. The molecule has 1 heterocycles. The number of esters is 1. The zero-order valence-corrected chi connectivity index (χ0v) is 12.0. The van der Waals surface area contributed by atoms with Gasteiger partial charge in [0.25, 0.3) is 0 Å². The van der Waals surface area contributed by atoms with E-state index in [1.54, 1.807) is 30.3 Å². The maximum absolute atomic E-state index is 12.2. The summed E-state index contributed by atoms with van der Waals surface area (Å²) in [5, 5.41) is 10.1. The van der Waals surface area contributed by atoms with E-state index < -0.39 is 11.6 Å². The zero-order valence-electron chi connectivity index (χ0n) is 12.0. The second kappa shape index (κ2) is 5.81. The highest BCUT2D eigenvalue weighted by molar-refractivity contribution is 5.98. The molecule has 3 aromatic rings. The van der Waals surface area contributed by atoms with Crippen LogP contribution >= 0.6 is 0 Å². The first-order valence-corrected chi connectivity index (χ1v) is 6.79. The monoisotopic (exact) mass is 308 g/mol. The Kier molecular flexibility index (Phi) is 3.68. The predicted octanol–water partition coefficient (Wildman–Crippen LogP) is 3.26. The molecule has 0 aliphatic heterocycles. The van der Waals surface area contributed by atoms with E-state index in [0.717, 1.165) is 6.08 Å². The fraction of sp³-hybridized carbons (Fsp3) is 0. The number of aromatic hydroxyl groups is 1. The van der Waals surface area contributed by atoms with Crippen LogP contribution < -0.4 is 10.4 Å². The van der Waals surface area contributed by atoms with Gasteiger partial charge in [0.15, 0.2) is 0 Å². The summed E-state index contributed by atoms with van der Waals surface area (Å²) in [6, 6.07) is 13.4. The van der Waals surface area contributed by atoms with Crippen LogP contribution in [0.25, 0.3) is 22.1 Å². The molecule has 0 atom stereocenters. The molecule has 0 fully saturated rings. The van der Waals surface area contributed by atoms with Crippen LogP contribution in [-0.4, -0.2) is 11.1 Å². The average molecular weight is 308 g/mol. The second-order valence-electron chi connectivity index (χ2n) is 4.77. The van der Waals surface area contributed by atoms with Crippen molar-refractivity contribution in [2.75, 3.05) is 0 Å². The lowest BCUT2D eigenvalue weighted by atomic mass is 10.0. The van der Waals surface area contributed by atoms with Gasteiger partial charge in [-0.05, 0) is 17.7 Å². The summed E-state index contributed by atoms with van der Waals surface area (Å²) < 4.78 is 10.2. The van der Waals surface area contributed by atoms with E-state index >= 15 is 0 Å². The number of carbonyl (C=O) groups is 1. The Hall–Kier alpha value is -3.34. The van der Waals surface area contributed by atoms with Crippen molar-refractivity contribution in [2.24, 2.45) is 0 Å². The molecule has 1 N–H and O–H groups in total. The van der Waals surface area contributed by atoms with Gasteiger partial charge in [-0.3, -0.25) is 0 Å². The molecule has 0 aliphatic rings. The summed E-state index contributed by atoms with van der Waals surface area (Å²) in [6.45, 7) is 3.32. The van der Waals surface area contributed by atoms with Crippen molar-refractivity contribution >= 4 is 16.9 Å². The van der Waals surface area contributed by atoms with Crippen LogP contribution in [0.15, 0.2) is 70.4 Å². The predicted molar refractivity (Wildman–Crippen MR) is 85.4 cm³/mol. The van der Waals surface area contributed by atoms with Gasteiger partial charge >= 0.3 is 11.6 Å². The van der Waals surface area contributed by atoms with Gasteiger partial charge in [0, 0.05) is 23.1 Å². The lowest BCUT2D eigenvalue weighted by Crippen LogP contribution is -2.13. The van der Waals surface area contributed by atoms with Crippen molar-refractivity contribution in [3.8, 4) is 22.6 Å². The molecule has 0 bridgehead atoms. The van der Waals surface area contributed by atoms with Gasteiger partial charge in [0.05, 0.1) is 0 Å². The van der Waals surface area contributed by atoms with Gasteiger partial charge in [-0.2, -0.15) is 0 Å². The molecule has 0 spiro atoms. The van der Waals surface area contributed by atoms with Gasteiger partial charge in [-0.1, -0.05) is 36.9 Å². The minimum atomic E-state index is -0.808. The van der Waals surface area contributed by atoms with Crippen molar-refractivity contribution in [2.45, 2.75) is 0 Å². The van der Waals surface area contributed by atoms with Crippen LogP contribution in [0.2, 0.25) is 0 Å². The molecule has 1 aromatic heterocycles. The fourth-order valence-corrected chi connectivity index (χ4v) is 2.30. The van der Waals surface area contributed by atoms with E-state index in [1.165, 1.54) is 12.1 Å². The second-order valence-corrected chi connectivity index (χ2v) is 4.77. The standard InChI is InChI=1S/C18H12O5/c1-2-15(20)23-17-16(11-6-4-3-5-7-11)13-9-8-12(19)10-14(13)22-18(17)21/h2-10,19H,1H2. The Bertz CT molecular complexity index is 954. The lowest BCUT2D eigenvalue weighted by molar-refractivity contribution is -0.129. The molecule has 0 saturated heterocycles. The summed E-state index contributed by atoms with van der Waals surface area (Å²) in [7, 11) is 0. The first-order chi connectivity index (χ1) is 11.1. The van der Waals surface area contributed by atoms with Gasteiger partial charge in [-0.15, -0.1) is 0 Å². The Balaban J connectivity index is 2.39. The van der Waals surface area contributed by atoms with Crippen molar-refractivity contribution in [3.63, 3.8) is 0 Å². The first kappa shape index (κ1) is 14.6. The molecule has 0 radical (unpaired) electrons. The minimum absolute atomic E-state index is 0.0319. The van der Waals surface area contributed by atoms with Gasteiger partial charge in [-0.25, -0.2) is 9.59 Å². The van der Waals surface area contributed by atoms with E-state index in [2.05, 4.69) is 6.58 Å². The molecule has 2 aromatic carbocycles. The SMILES string of the molecule is C=CC(=O)Oc1c(-c2ccccc2)c2ccc(O)cc2oc1=O. The van der Waals surface area contributed by atoms with Crippen LogP contribution in [0.4, 0.5) is 0 Å². The van der Waals surface area contributed by atoms with Crippen LogP contribution in [0.3, 0.4) is 0 Å². The highest BCUT2D eigenvalue weighted by Crippen LogP contribution is 2.35. The van der Waals surface area contributed by atoms with E-state index in [1.807, 2.05) is 6.07 Å².